The predicted molar refractivity (Wildman–Crippen MR) is 142 cm³/mol. The Morgan fingerprint density at radius 3 is 2.42 bits per heavy atom. The van der Waals surface area contributed by atoms with Crippen LogP contribution in [0.5, 0.6) is 17.4 Å². The van der Waals surface area contributed by atoms with Gasteiger partial charge in [-0.15, -0.1) is 0 Å². The van der Waals surface area contributed by atoms with Gasteiger partial charge in [-0.05, 0) is 56.3 Å². The molecule has 0 saturated heterocycles. The van der Waals surface area contributed by atoms with Crippen molar-refractivity contribution in [2.75, 3.05) is 18.5 Å². The third-order valence-electron chi connectivity index (χ3n) is 6.08. The van der Waals surface area contributed by atoms with E-state index in [1.54, 1.807) is 48.0 Å². The number of nitrogens with one attached hydrogen (secondary N) is 1. The van der Waals surface area contributed by atoms with Crippen molar-refractivity contribution in [3.8, 4) is 23.1 Å². The molecule has 1 amide bonds. The smallest absolute Gasteiger partial charge is 0.338 e. The molecule has 1 aliphatic rings. The van der Waals surface area contributed by atoms with Gasteiger partial charge in [0.15, 0.2) is 11.5 Å². The lowest BCUT2D eigenvalue weighted by Gasteiger charge is -2.21. The molecule has 0 fully saturated rings. The molecule has 9 heteroatoms. The Bertz CT molecular complexity index is 1540. The number of ether oxygens (including phenoxy) is 3. The zero-order chi connectivity index (χ0) is 26.6. The molecule has 194 valence electrons. The van der Waals surface area contributed by atoms with Gasteiger partial charge in [-0.1, -0.05) is 30.3 Å². The molecule has 9 nitrogen and oxygen atoms in total. The van der Waals surface area contributed by atoms with E-state index in [1.807, 2.05) is 43.3 Å². The summed E-state index contributed by atoms with van der Waals surface area (Å²) >= 11 is 0. The quantitative estimate of drug-likeness (QED) is 0.306. The molecule has 0 unspecified atom stereocenters. The summed E-state index contributed by atoms with van der Waals surface area (Å²) in [7, 11) is 0. The maximum absolute atomic E-state index is 13.6. The molecule has 0 radical (unpaired) electrons. The van der Waals surface area contributed by atoms with Crippen molar-refractivity contribution in [2.45, 2.75) is 26.8 Å². The molecular formula is C29H27N3O6. The van der Waals surface area contributed by atoms with Crippen LogP contribution in [0.1, 0.15) is 35.3 Å². The highest BCUT2D eigenvalue weighted by Gasteiger charge is 2.30. The average Bonchev–Trinajstić information content (AvgIpc) is 3.19. The molecule has 4 aromatic rings. The highest BCUT2D eigenvalue weighted by molar-refractivity contribution is 5.93. The summed E-state index contributed by atoms with van der Waals surface area (Å²) < 4.78 is 20.0. The van der Waals surface area contributed by atoms with Gasteiger partial charge < -0.3 is 19.5 Å². The zero-order valence-electron chi connectivity index (χ0n) is 21.1. The monoisotopic (exact) mass is 513 g/mol. The van der Waals surface area contributed by atoms with Crippen LogP contribution in [0.3, 0.4) is 0 Å². The first-order valence-electron chi connectivity index (χ1n) is 12.4. The molecule has 1 aliphatic heterocycles. The first-order valence-corrected chi connectivity index (χ1v) is 12.4. The summed E-state index contributed by atoms with van der Waals surface area (Å²) in [5, 5.41) is 2.83. The molecular weight excluding hydrogens is 486 g/mol. The van der Waals surface area contributed by atoms with Crippen LogP contribution in [0, 0.1) is 0 Å². The van der Waals surface area contributed by atoms with Gasteiger partial charge >= 0.3 is 5.97 Å². The fourth-order valence-corrected chi connectivity index (χ4v) is 4.42. The third-order valence-corrected chi connectivity index (χ3v) is 6.08. The normalized spacial score (nSPS) is 11.6. The van der Waals surface area contributed by atoms with Crippen molar-refractivity contribution < 1.29 is 23.8 Å². The minimum atomic E-state index is -0.430. The van der Waals surface area contributed by atoms with E-state index in [1.165, 1.54) is 4.68 Å². The molecule has 0 atom stereocenters. The van der Waals surface area contributed by atoms with Crippen LogP contribution in [0.15, 0.2) is 77.6 Å². The standard InChI is InChI=1S/C29H27N3O6/c1-3-36-24-12-8-9-20-17-23-27(34)32(22-10-6-5-7-11-22)31(28(23)38-26(20)24)18-25(33)30-21-15-13-19(14-16-21)29(35)37-4-2/h5-16H,3-4,17-18H2,1-2H3,(H,30,33). The van der Waals surface area contributed by atoms with Gasteiger partial charge in [-0.3, -0.25) is 9.59 Å². The summed E-state index contributed by atoms with van der Waals surface area (Å²) in [6.07, 6.45) is 0.348. The Hall–Kier alpha value is -4.79. The summed E-state index contributed by atoms with van der Waals surface area (Å²) in [5.41, 5.74) is 2.54. The molecule has 0 spiro atoms. The minimum absolute atomic E-state index is 0.189. The fraction of sp³-hybridized carbons (Fsp3) is 0.207. The summed E-state index contributed by atoms with van der Waals surface area (Å²) in [6.45, 7) is 4.17. The van der Waals surface area contributed by atoms with E-state index in [4.69, 9.17) is 14.2 Å². The Morgan fingerprint density at radius 2 is 1.71 bits per heavy atom. The molecule has 0 saturated carbocycles. The van der Waals surface area contributed by atoms with E-state index in [9.17, 15) is 14.4 Å². The number of aromatic nitrogens is 2. The van der Waals surface area contributed by atoms with Gasteiger partial charge in [0.2, 0.25) is 11.8 Å². The van der Waals surface area contributed by atoms with E-state index in [0.717, 1.165) is 5.56 Å². The largest absolute Gasteiger partial charge is 0.490 e. The van der Waals surface area contributed by atoms with Crippen molar-refractivity contribution in [1.29, 1.82) is 0 Å². The first kappa shape index (κ1) is 24.9. The maximum Gasteiger partial charge on any atom is 0.338 e. The van der Waals surface area contributed by atoms with Crippen molar-refractivity contribution in [2.24, 2.45) is 0 Å². The topological polar surface area (TPSA) is 101 Å². The van der Waals surface area contributed by atoms with E-state index in [0.29, 0.717) is 52.9 Å². The van der Waals surface area contributed by atoms with Crippen LogP contribution in [0.4, 0.5) is 5.69 Å². The maximum atomic E-state index is 13.6. The summed E-state index contributed by atoms with van der Waals surface area (Å²) in [5.74, 6) is 0.610. The number of anilines is 1. The first-order chi connectivity index (χ1) is 18.5. The number of amides is 1. The van der Waals surface area contributed by atoms with Crippen LogP contribution in [-0.2, 0) is 22.5 Å². The number of esters is 1. The van der Waals surface area contributed by atoms with E-state index >= 15 is 0 Å². The van der Waals surface area contributed by atoms with Gasteiger partial charge in [0, 0.05) is 17.7 Å². The molecule has 0 bridgehead atoms. The average molecular weight is 514 g/mol. The van der Waals surface area contributed by atoms with Crippen molar-refractivity contribution in [3.63, 3.8) is 0 Å². The molecule has 2 heterocycles. The Balaban J connectivity index is 1.49. The lowest BCUT2D eigenvalue weighted by atomic mass is 10.0. The van der Waals surface area contributed by atoms with Crippen LogP contribution in [0.2, 0.25) is 0 Å². The second-order valence-electron chi connectivity index (χ2n) is 8.60. The number of nitrogens with zero attached hydrogens (tertiary/aromatic N) is 2. The second-order valence-corrected chi connectivity index (χ2v) is 8.60. The van der Waals surface area contributed by atoms with Gasteiger partial charge in [0.1, 0.15) is 6.54 Å². The Morgan fingerprint density at radius 1 is 0.947 bits per heavy atom. The number of para-hydroxylation sites is 2. The predicted octanol–water partition coefficient (Wildman–Crippen LogP) is 4.55. The van der Waals surface area contributed by atoms with Crippen LogP contribution >= 0.6 is 0 Å². The van der Waals surface area contributed by atoms with E-state index < -0.39 is 5.97 Å². The Labute approximate surface area is 219 Å². The highest BCUT2D eigenvalue weighted by Crippen LogP contribution is 2.42. The third kappa shape index (κ3) is 4.78. The molecule has 0 aliphatic carbocycles. The van der Waals surface area contributed by atoms with E-state index in [-0.39, 0.29) is 24.6 Å². The van der Waals surface area contributed by atoms with Crippen molar-refractivity contribution in [1.82, 2.24) is 9.36 Å². The van der Waals surface area contributed by atoms with Crippen LogP contribution < -0.4 is 20.3 Å². The highest BCUT2D eigenvalue weighted by atomic mass is 16.5. The van der Waals surface area contributed by atoms with Crippen LogP contribution in [-0.4, -0.2) is 34.5 Å². The van der Waals surface area contributed by atoms with Gasteiger partial charge in [-0.25, -0.2) is 14.2 Å². The van der Waals surface area contributed by atoms with Gasteiger partial charge in [0.25, 0.3) is 5.56 Å². The summed E-state index contributed by atoms with van der Waals surface area (Å²) in [6, 6.07) is 21.1. The van der Waals surface area contributed by atoms with Gasteiger partial charge in [0.05, 0.1) is 30.0 Å². The van der Waals surface area contributed by atoms with Gasteiger partial charge in [-0.2, -0.15) is 0 Å². The number of benzene rings is 3. The molecule has 38 heavy (non-hydrogen) atoms. The van der Waals surface area contributed by atoms with Crippen molar-refractivity contribution in [3.05, 3.63) is 99.8 Å². The lowest BCUT2D eigenvalue weighted by molar-refractivity contribution is -0.117. The number of fused-ring (bicyclic) bond motifs is 2. The minimum Gasteiger partial charge on any atom is -0.490 e. The second kappa shape index (κ2) is 10.7. The SMILES string of the molecule is CCOC(=O)c1ccc(NC(=O)Cn2c3c(c(=O)n2-c2ccccc2)Cc2cccc(OCC)c2O3)cc1. The number of hydrogen-bond acceptors (Lipinski definition) is 6. The molecule has 1 N–H and O–H groups in total. The number of carbonyl (C=O) groups excluding carboxylic acids is 2. The van der Waals surface area contributed by atoms with Crippen molar-refractivity contribution >= 4 is 17.6 Å². The molecule has 1 aromatic heterocycles. The molecule has 3 aromatic carbocycles. The number of hydrogen-bond donors (Lipinski definition) is 1. The number of carbonyl (C=O) groups is 2. The van der Waals surface area contributed by atoms with Crippen LogP contribution in [0.25, 0.3) is 5.69 Å². The molecule has 5 rings (SSSR count). The number of rotatable bonds is 8. The van der Waals surface area contributed by atoms with E-state index in [2.05, 4.69) is 5.32 Å². The zero-order valence-corrected chi connectivity index (χ0v) is 21.1. The lowest BCUT2D eigenvalue weighted by Crippen LogP contribution is -2.27. The summed E-state index contributed by atoms with van der Waals surface area (Å²) in [4.78, 5) is 38.7. The fourth-order valence-electron chi connectivity index (χ4n) is 4.42. The Kier molecular flexibility index (Phi) is 6.99.